The highest BCUT2D eigenvalue weighted by atomic mass is 79.9. The van der Waals surface area contributed by atoms with Gasteiger partial charge in [0.1, 0.15) is 57.3 Å². The molecule has 6 heterocycles. The van der Waals surface area contributed by atoms with Crippen molar-refractivity contribution < 1.29 is 80.0 Å². The van der Waals surface area contributed by atoms with Crippen molar-refractivity contribution in [2.75, 3.05) is 0 Å². The van der Waals surface area contributed by atoms with Crippen LogP contribution in [-0.2, 0) is 28.9 Å². The highest BCUT2D eigenvalue weighted by Gasteiger charge is 2.53. The maximum atomic E-state index is 14.3. The average molecular weight is 1950 g/mol. The third kappa shape index (κ3) is 22.4. The van der Waals surface area contributed by atoms with E-state index in [1.807, 2.05) is 107 Å². The van der Waals surface area contributed by atoms with Crippen molar-refractivity contribution in [2.45, 2.75) is 155 Å². The lowest BCUT2D eigenvalue weighted by Gasteiger charge is -2.32. The van der Waals surface area contributed by atoms with Crippen molar-refractivity contribution in [1.82, 2.24) is 48.7 Å². The summed E-state index contributed by atoms with van der Waals surface area (Å²) in [6.07, 6.45) is -11.5. The van der Waals surface area contributed by atoms with Crippen LogP contribution in [0.4, 0.5) is 57.5 Å². The Hall–Kier alpha value is -9.16. The van der Waals surface area contributed by atoms with Crippen LogP contribution >= 0.6 is 89.5 Å². The predicted octanol–water partition coefficient (Wildman–Crippen LogP) is 26.0. The third-order valence-corrected chi connectivity index (χ3v) is 24.3. The molecule has 0 unspecified atom stereocenters. The fourth-order valence-electron chi connectivity index (χ4n) is 12.7. The number of thioether (sulfide) groups is 1. The molecule has 4 aromatic heterocycles. The Morgan fingerprint density at radius 3 is 1.20 bits per heavy atom. The van der Waals surface area contributed by atoms with Gasteiger partial charge in [0.15, 0.2) is 0 Å². The molecule has 0 spiro atoms. The maximum absolute atomic E-state index is 14.3. The van der Waals surface area contributed by atoms with Crippen molar-refractivity contribution >= 4 is 167 Å². The standard InChI is InChI=1S/C24H19F3N2S.C17H12BrF3N2.C17H12ClF3N2O2S.C14H18BF3O2.C9H6BrClN2.C5H6Cl2N2O2/c1-14-10-20(24(26)27)21(25)12-19(14)23-18-9-8-17(11-22(18)28-15(2)29-23)30-13-16-6-4-3-5-7-16;1-8-5-13(17(20)21)14(19)7-12(8)16-11-4-3-10(18)6-15(11)22-9(2)23-16;1-8-5-13(17(20)21)14(19)7-12(8)16-11-4-3-10(26(18,24)25)6-15(11)22-9(2)23-16;1-8-6-9(12(17)18)11(16)7-10(8)15-19-13(2,3)14(4,5)20-15;1-5-12-8-4-6(10)2-3-7(8)9(11)13-5;1-5(2)3(10)8(6)4(11)9(5)7/h3-12,24H,13H2,1-2H3;3-7,17H,1-2H3;3-7,17H,1-2H3;6-7,12H,1-5H3;2-4H,1H3;1-2H3. The summed E-state index contributed by atoms with van der Waals surface area (Å²) in [6.45, 7) is 24.1. The normalized spacial score (nSPS) is 14.1. The van der Waals surface area contributed by atoms with Gasteiger partial charge >= 0.3 is 13.1 Å². The Labute approximate surface area is 741 Å². The van der Waals surface area contributed by atoms with E-state index in [0.29, 0.717) is 111 Å². The SMILES string of the molecule is CC1(C)C(=O)N(Cl)C(=O)N1Cl.Cc1cc(C(F)F)c(F)cc1B1OC(C)(C)C(C)(C)O1.Cc1nc(-c2cc(F)c(C(F)F)cc2C)c2ccc(Br)cc2n1.Cc1nc(-c2cc(F)c(C(F)F)cc2C)c2ccc(S(=O)(=O)Cl)cc2n1.Cc1nc(-c2cc(F)c(C(F)F)cc2C)c2ccc(SCc3ccccc3)cc2n1.Cc1nc(Cl)c2ccc(Br)cc2n1. The number of fused-ring (bicyclic) bond motifs is 4. The highest BCUT2D eigenvalue weighted by Crippen LogP contribution is 2.42. The zero-order valence-electron chi connectivity index (χ0n) is 67.6. The van der Waals surface area contributed by atoms with E-state index in [9.17, 15) is 70.7 Å². The first kappa shape index (κ1) is 96.1. The van der Waals surface area contributed by atoms with E-state index in [1.54, 1.807) is 60.2 Å². The van der Waals surface area contributed by atoms with E-state index in [0.717, 1.165) is 87.6 Å². The molecule has 0 bridgehead atoms. The van der Waals surface area contributed by atoms with E-state index in [1.165, 1.54) is 49.7 Å². The van der Waals surface area contributed by atoms with Crippen LogP contribution in [0.15, 0.2) is 170 Å². The molecule has 2 aliphatic heterocycles. The molecule has 0 saturated carbocycles. The van der Waals surface area contributed by atoms with Gasteiger partial charge in [0.25, 0.3) is 40.7 Å². The van der Waals surface area contributed by atoms with Gasteiger partial charge in [-0.15, -0.1) is 11.8 Å². The minimum atomic E-state index is -3.95. The van der Waals surface area contributed by atoms with Crippen LogP contribution in [0, 0.1) is 78.7 Å². The quantitative estimate of drug-likeness (QED) is 0.0213. The summed E-state index contributed by atoms with van der Waals surface area (Å²) in [5.41, 5.74) is 4.44. The maximum Gasteiger partial charge on any atom is 0.495 e. The molecule has 2 aliphatic rings. The molecular formula is C86H73BBr2Cl4F12N10O6S2. The molecule has 2 fully saturated rings. The van der Waals surface area contributed by atoms with Crippen molar-refractivity contribution in [3.05, 3.63) is 262 Å². The topological polar surface area (TPSA) is 196 Å². The molecule has 0 aliphatic carbocycles. The van der Waals surface area contributed by atoms with Crippen LogP contribution in [0.2, 0.25) is 5.15 Å². The number of rotatable bonds is 12. The van der Waals surface area contributed by atoms with Gasteiger partial charge in [0, 0.05) is 92.1 Å². The molecule has 2 saturated heterocycles. The number of aryl methyl sites for hydroxylation is 8. The number of halogens is 18. The molecule has 15 rings (SSSR count). The summed E-state index contributed by atoms with van der Waals surface area (Å²) < 4.78 is 197. The second-order valence-corrected chi connectivity index (χ2v) is 36.1. The fourth-order valence-corrected chi connectivity index (χ4v) is 15.8. The van der Waals surface area contributed by atoms with Crippen LogP contribution in [-0.4, -0.2) is 92.9 Å². The largest absolute Gasteiger partial charge is 0.495 e. The molecule has 37 heteroatoms. The molecule has 644 valence electrons. The Kier molecular flexibility index (Phi) is 30.6. The zero-order chi connectivity index (χ0) is 90.7. The lowest BCUT2D eigenvalue weighted by atomic mass is 9.75. The molecule has 13 aromatic rings. The average Bonchev–Trinajstić information content (AvgIpc) is 1.71. The predicted molar refractivity (Wildman–Crippen MR) is 463 cm³/mol. The lowest BCUT2D eigenvalue weighted by molar-refractivity contribution is -0.127. The third-order valence-electron chi connectivity index (χ3n) is 19.7. The van der Waals surface area contributed by atoms with Crippen molar-refractivity contribution in [3.63, 3.8) is 0 Å². The van der Waals surface area contributed by atoms with E-state index >= 15 is 0 Å². The number of carbonyl (C=O) groups excluding carboxylic acids is 2. The van der Waals surface area contributed by atoms with E-state index in [2.05, 4.69) is 83.9 Å². The number of urea groups is 1. The van der Waals surface area contributed by atoms with Crippen molar-refractivity contribution in [3.8, 4) is 33.8 Å². The van der Waals surface area contributed by atoms with E-state index in [4.69, 9.17) is 55.1 Å². The van der Waals surface area contributed by atoms with Crippen LogP contribution < -0.4 is 5.46 Å². The Morgan fingerprint density at radius 2 is 0.813 bits per heavy atom. The Morgan fingerprint density at radius 1 is 0.455 bits per heavy atom. The number of hydrogen-bond acceptors (Lipinski definition) is 15. The van der Waals surface area contributed by atoms with Gasteiger partial charge < -0.3 is 9.31 Å². The van der Waals surface area contributed by atoms with E-state index in [-0.39, 0.29) is 4.90 Å². The molecule has 0 radical (unpaired) electrons. The van der Waals surface area contributed by atoms with E-state index < -0.39 is 116 Å². The van der Waals surface area contributed by atoms with Gasteiger partial charge in [0.2, 0.25) is 0 Å². The second-order valence-electron chi connectivity index (χ2n) is 29.6. The number of hydrogen-bond donors (Lipinski definition) is 0. The highest BCUT2D eigenvalue weighted by molar-refractivity contribution is 9.10. The summed E-state index contributed by atoms with van der Waals surface area (Å²) in [5, 5.41) is 3.35. The summed E-state index contributed by atoms with van der Waals surface area (Å²) in [7, 11) is 0.662. The number of alkyl halides is 8. The summed E-state index contributed by atoms with van der Waals surface area (Å²) in [6, 6.07) is 39.6. The molecule has 16 nitrogen and oxygen atoms in total. The number of amides is 3. The summed E-state index contributed by atoms with van der Waals surface area (Å²) in [4.78, 5) is 57.5. The minimum Gasteiger partial charge on any atom is -0.399 e. The van der Waals surface area contributed by atoms with Crippen LogP contribution in [0.1, 0.15) is 141 Å². The number of aromatic nitrogens is 8. The smallest absolute Gasteiger partial charge is 0.399 e. The second kappa shape index (κ2) is 39.2. The monoisotopic (exact) mass is 1940 g/mol. The van der Waals surface area contributed by atoms with Crippen LogP contribution in [0.25, 0.3) is 77.4 Å². The minimum absolute atomic E-state index is 0.133. The van der Waals surface area contributed by atoms with Crippen molar-refractivity contribution in [1.29, 1.82) is 0 Å². The van der Waals surface area contributed by atoms with Gasteiger partial charge in [-0.1, -0.05) is 79.4 Å². The van der Waals surface area contributed by atoms with Crippen LogP contribution in [0.3, 0.4) is 0 Å². The molecule has 9 aromatic carbocycles. The Balaban J connectivity index is 0.000000159. The van der Waals surface area contributed by atoms with Gasteiger partial charge in [-0.05, 0) is 246 Å². The van der Waals surface area contributed by atoms with Gasteiger partial charge in [-0.2, -0.15) is 4.42 Å². The lowest BCUT2D eigenvalue weighted by Crippen LogP contribution is -2.41. The first-order valence-electron chi connectivity index (χ1n) is 36.9. The number of imide groups is 1. The van der Waals surface area contributed by atoms with Gasteiger partial charge in [-0.25, -0.2) is 110 Å². The summed E-state index contributed by atoms with van der Waals surface area (Å²) >= 11 is 25.2. The first-order chi connectivity index (χ1) is 57.5. The number of nitrogens with zero attached hydrogens (tertiary/aromatic N) is 10. The molecule has 3 amide bonds. The van der Waals surface area contributed by atoms with Gasteiger partial charge in [0.05, 0.1) is 77.5 Å². The first-order valence-corrected chi connectivity index (χ1v) is 42.8. The Bertz CT molecular complexity index is 6340. The summed E-state index contributed by atoms with van der Waals surface area (Å²) in [5.74, 6) is -1.43. The molecular weight excluding hydrogens is 1870 g/mol. The molecule has 0 N–H and O–H groups in total. The van der Waals surface area contributed by atoms with Gasteiger partial charge in [-0.3, -0.25) is 4.79 Å². The number of benzene rings is 9. The zero-order valence-corrected chi connectivity index (χ0v) is 75.4. The molecule has 0 atom stereocenters. The fraction of sp³-hybridized carbons (Fsp3) is 0.256. The van der Waals surface area contributed by atoms with Crippen molar-refractivity contribution in [2.24, 2.45) is 0 Å². The number of carbonyl (C=O) groups is 2. The molecule has 123 heavy (non-hydrogen) atoms. The van der Waals surface area contributed by atoms with Crippen LogP contribution in [0.5, 0.6) is 0 Å².